The molecule has 4 aliphatic carbocycles. The van der Waals surface area contributed by atoms with E-state index in [-0.39, 0.29) is 44.5 Å². The highest BCUT2D eigenvalue weighted by Crippen LogP contribution is 2.60. The topological polar surface area (TPSA) is 174 Å². The van der Waals surface area contributed by atoms with Crippen molar-refractivity contribution in [1.82, 2.24) is 9.97 Å². The lowest BCUT2D eigenvalue weighted by Gasteiger charge is -2.43. The van der Waals surface area contributed by atoms with Crippen LogP contribution in [0.3, 0.4) is 0 Å². The van der Waals surface area contributed by atoms with Gasteiger partial charge >= 0.3 is 0 Å². The van der Waals surface area contributed by atoms with Crippen LogP contribution in [0.2, 0.25) is 0 Å². The molecule has 2 saturated carbocycles. The molecule has 0 saturated heterocycles. The highest BCUT2D eigenvalue weighted by molar-refractivity contribution is 7.16. The van der Waals surface area contributed by atoms with Gasteiger partial charge in [-0.3, -0.25) is 9.59 Å². The maximum absolute atomic E-state index is 14.6. The Morgan fingerprint density at radius 1 is 0.530 bits per heavy atom. The molecule has 10 nitrogen and oxygen atoms in total. The predicted molar refractivity (Wildman–Crippen MR) is 233 cm³/mol. The summed E-state index contributed by atoms with van der Waals surface area (Å²) in [4.78, 5) is 39.4. The van der Waals surface area contributed by atoms with Gasteiger partial charge in [0.25, 0.3) is 0 Å². The van der Waals surface area contributed by atoms with Gasteiger partial charge < -0.3 is 9.47 Å². The number of fused-ring (bicyclic) bond motifs is 10. The van der Waals surface area contributed by atoms with E-state index >= 15 is 0 Å². The van der Waals surface area contributed by atoms with E-state index in [0.29, 0.717) is 69.7 Å². The number of Topliss-reactive ketones (excluding diaryl/α,β-unsaturated/α-hetero) is 2. The van der Waals surface area contributed by atoms with E-state index in [0.717, 1.165) is 72.5 Å². The number of carbonyl (C=O) groups excluding carboxylic acids is 2. The lowest BCUT2D eigenvalue weighted by atomic mass is 9.78. The summed E-state index contributed by atoms with van der Waals surface area (Å²) >= 11 is 2.56. The third-order valence-electron chi connectivity index (χ3n) is 13.3. The van der Waals surface area contributed by atoms with Crippen molar-refractivity contribution in [3.05, 3.63) is 126 Å². The van der Waals surface area contributed by atoms with Crippen LogP contribution in [-0.2, 0) is 11.2 Å². The number of nitriles is 4. The van der Waals surface area contributed by atoms with Crippen LogP contribution in [0.15, 0.2) is 58.7 Å². The monoisotopic (exact) mass is 916 g/mol. The zero-order valence-corrected chi connectivity index (χ0v) is 36.0. The van der Waals surface area contributed by atoms with Crippen LogP contribution < -0.4 is 9.47 Å². The van der Waals surface area contributed by atoms with E-state index in [9.17, 15) is 48.2 Å². The molecule has 16 heteroatoms. The van der Waals surface area contributed by atoms with Gasteiger partial charge in [-0.15, -0.1) is 22.7 Å². The van der Waals surface area contributed by atoms with Crippen LogP contribution >= 0.6 is 22.7 Å². The lowest BCUT2D eigenvalue weighted by molar-refractivity contribution is 0.0163. The van der Waals surface area contributed by atoms with Crippen molar-refractivity contribution in [3.63, 3.8) is 0 Å². The SMILES string of the molecule is N#CC(C#N)=C1/C(=C/c2nc3c(s2)-c2cc4c(cc2OC32CCCCC2)-c2sc(/C=C3\C(=O)c5cc(F)c(F)cc5C3=C(C#N)C#N)nc2C2(CCCCC2)O4)C(=O)c2cc(F)c(F)cc21. The molecule has 0 unspecified atom stereocenters. The molecular formula is C50H28F4N6O4S2. The van der Waals surface area contributed by atoms with Gasteiger partial charge in [0, 0.05) is 44.5 Å². The standard InChI is InChI=1S/C50H28F4N6O4S2/c51-33-11-25-27(13-35(33)53)43(61)31(41(25)23(19-55)20-56)17-39-59-47-45(65-39)29-16-38-30(15-37(29)63-49(47)7-3-1-4-8-49)46-48(50(64-38)9-5-2-6-10-50)60-40(66-46)18-32-42(24(21-57)22-58)26-12-34(52)36(54)14-28(26)44(32)62/h11-18H,1-10H2/b31-17-,32-18-. The molecule has 2 spiro atoms. The molecule has 66 heavy (non-hydrogen) atoms. The van der Waals surface area contributed by atoms with Crippen molar-refractivity contribution in [3.8, 4) is 56.7 Å². The zero-order valence-electron chi connectivity index (χ0n) is 34.3. The van der Waals surface area contributed by atoms with E-state index in [1.807, 2.05) is 12.1 Å². The number of allylic oxidation sites excluding steroid dienone is 6. The van der Waals surface area contributed by atoms with Crippen molar-refractivity contribution in [2.75, 3.05) is 0 Å². The largest absolute Gasteiger partial charge is 0.480 e. The second-order valence-corrected chi connectivity index (χ2v) is 19.0. The Balaban J connectivity index is 1.07. The number of ketones is 2. The van der Waals surface area contributed by atoms with Crippen molar-refractivity contribution in [1.29, 1.82) is 21.0 Å². The molecular weight excluding hydrogens is 889 g/mol. The molecule has 0 radical (unpaired) electrons. The van der Waals surface area contributed by atoms with Crippen LogP contribution in [0, 0.1) is 68.6 Å². The average molecular weight is 917 g/mol. The van der Waals surface area contributed by atoms with E-state index in [4.69, 9.17) is 19.4 Å². The summed E-state index contributed by atoms with van der Waals surface area (Å²) in [7, 11) is 0. The number of rotatable bonds is 2. The quantitative estimate of drug-likeness (QED) is 0.0942. The molecule has 2 aliphatic heterocycles. The molecule has 322 valence electrons. The first-order valence-corrected chi connectivity index (χ1v) is 22.8. The number of nitrogens with zero attached hydrogens (tertiary/aromatic N) is 6. The Hall–Kier alpha value is -7.50. The maximum Gasteiger partial charge on any atom is 0.194 e. The fourth-order valence-corrected chi connectivity index (χ4v) is 12.6. The zero-order chi connectivity index (χ0) is 45.8. The lowest BCUT2D eigenvalue weighted by Crippen LogP contribution is -2.39. The molecule has 2 fully saturated rings. The van der Waals surface area contributed by atoms with Crippen molar-refractivity contribution < 1.29 is 36.6 Å². The number of ether oxygens (including phenoxy) is 2. The van der Waals surface area contributed by atoms with Gasteiger partial charge in [-0.2, -0.15) is 21.0 Å². The molecule has 0 bridgehead atoms. The Morgan fingerprint density at radius 2 is 0.879 bits per heavy atom. The molecule has 6 aliphatic rings. The maximum atomic E-state index is 14.6. The number of aromatic nitrogens is 2. The molecule has 2 aromatic heterocycles. The summed E-state index contributed by atoms with van der Waals surface area (Å²) in [6, 6.07) is 14.2. The number of hydrogen-bond acceptors (Lipinski definition) is 12. The summed E-state index contributed by atoms with van der Waals surface area (Å²) in [5, 5.41) is 40.3. The average Bonchev–Trinajstić information content (AvgIpc) is 4.07. The minimum atomic E-state index is -1.24. The summed E-state index contributed by atoms with van der Waals surface area (Å²) in [5.74, 6) is -5.20. The van der Waals surface area contributed by atoms with Gasteiger partial charge in [-0.25, -0.2) is 27.5 Å². The number of halogens is 4. The Bertz CT molecular complexity index is 3170. The number of hydrogen-bond donors (Lipinski definition) is 0. The highest BCUT2D eigenvalue weighted by Gasteiger charge is 2.49. The first-order chi connectivity index (χ1) is 31.9. The molecule has 3 aromatic carbocycles. The normalized spacial score (nSPS) is 19.1. The van der Waals surface area contributed by atoms with Crippen molar-refractivity contribution in [2.45, 2.75) is 75.4 Å². The molecule has 0 atom stereocenters. The summed E-state index contributed by atoms with van der Waals surface area (Å²) in [6.07, 6.45) is 10.8. The van der Waals surface area contributed by atoms with Gasteiger partial charge in [0.05, 0.1) is 9.75 Å². The Morgan fingerprint density at radius 3 is 1.23 bits per heavy atom. The second-order valence-electron chi connectivity index (χ2n) is 17.0. The summed E-state index contributed by atoms with van der Waals surface area (Å²) in [6.45, 7) is 0. The van der Waals surface area contributed by atoms with E-state index in [2.05, 4.69) is 0 Å². The number of carbonyl (C=O) groups is 2. The van der Waals surface area contributed by atoms with Gasteiger partial charge in [0.1, 0.15) is 68.3 Å². The first kappa shape index (κ1) is 41.2. The fourth-order valence-electron chi connectivity index (χ4n) is 10.3. The van der Waals surface area contributed by atoms with E-state index in [1.165, 1.54) is 34.8 Å². The first-order valence-electron chi connectivity index (χ1n) is 21.1. The van der Waals surface area contributed by atoms with Gasteiger partial charge in [0.15, 0.2) is 46.0 Å². The third-order valence-corrected chi connectivity index (χ3v) is 15.4. The minimum Gasteiger partial charge on any atom is -0.480 e. The van der Waals surface area contributed by atoms with Crippen LogP contribution in [0.5, 0.6) is 11.5 Å². The molecule has 0 amide bonds. The fraction of sp³-hybridized carbons (Fsp3) is 0.240. The number of benzene rings is 3. The molecule has 0 N–H and O–H groups in total. The molecule has 4 heterocycles. The Kier molecular flexibility index (Phi) is 9.39. The molecule has 5 aromatic rings. The van der Waals surface area contributed by atoms with Crippen LogP contribution in [0.1, 0.15) is 117 Å². The van der Waals surface area contributed by atoms with E-state index in [1.54, 1.807) is 24.3 Å². The van der Waals surface area contributed by atoms with Crippen molar-refractivity contribution >= 4 is 57.5 Å². The molecule has 11 rings (SSSR count). The van der Waals surface area contributed by atoms with Gasteiger partial charge in [-0.05, 0) is 111 Å². The number of thiazole rings is 2. The van der Waals surface area contributed by atoms with Crippen LogP contribution in [0.4, 0.5) is 17.6 Å². The summed E-state index contributed by atoms with van der Waals surface area (Å²) < 4.78 is 72.1. The smallest absolute Gasteiger partial charge is 0.194 e. The summed E-state index contributed by atoms with van der Waals surface area (Å²) in [5.41, 5.74) is -0.711. The predicted octanol–water partition coefficient (Wildman–Crippen LogP) is 11.8. The van der Waals surface area contributed by atoms with Gasteiger partial charge in [0.2, 0.25) is 0 Å². The second kappa shape index (κ2) is 15.0. The van der Waals surface area contributed by atoms with Crippen LogP contribution in [0.25, 0.3) is 44.2 Å². The third kappa shape index (κ3) is 5.99. The van der Waals surface area contributed by atoms with Gasteiger partial charge in [-0.1, -0.05) is 12.8 Å². The minimum absolute atomic E-state index is 0.0547. The van der Waals surface area contributed by atoms with Crippen LogP contribution in [-0.4, -0.2) is 21.5 Å². The Labute approximate surface area is 381 Å². The van der Waals surface area contributed by atoms with Crippen molar-refractivity contribution in [2.24, 2.45) is 0 Å². The van der Waals surface area contributed by atoms with E-state index < -0.39 is 57.2 Å². The highest BCUT2D eigenvalue weighted by atomic mass is 32.1.